The predicted octanol–water partition coefficient (Wildman–Crippen LogP) is 3.19. The molecule has 0 bridgehead atoms. The molecule has 132 valence electrons. The molecule has 0 unspecified atom stereocenters. The molecule has 2 fully saturated rings. The Morgan fingerprint density at radius 3 is 2.76 bits per heavy atom. The van der Waals surface area contributed by atoms with E-state index >= 15 is 0 Å². The summed E-state index contributed by atoms with van der Waals surface area (Å²) in [5.74, 6) is 0.719. The van der Waals surface area contributed by atoms with Crippen molar-refractivity contribution < 1.29 is 4.79 Å². The van der Waals surface area contributed by atoms with Crippen LogP contribution in [-0.2, 0) is 5.54 Å². The van der Waals surface area contributed by atoms with Gasteiger partial charge in [-0.05, 0) is 31.7 Å². The van der Waals surface area contributed by atoms with Gasteiger partial charge in [-0.1, -0.05) is 32.1 Å². The van der Waals surface area contributed by atoms with Gasteiger partial charge in [0.05, 0.1) is 5.54 Å². The topological polar surface area (TPSA) is 71.8 Å². The van der Waals surface area contributed by atoms with Crippen molar-refractivity contribution >= 4 is 22.9 Å². The van der Waals surface area contributed by atoms with Gasteiger partial charge in [0.25, 0.3) is 5.91 Å². The fraction of sp³-hybridized carbons (Fsp3) is 0.632. The normalized spacial score (nSPS) is 23.0. The molecule has 0 saturated heterocycles. The Labute approximate surface area is 147 Å². The molecular formula is C19H25N5O. The molecule has 1 spiro atoms. The lowest BCUT2D eigenvalue weighted by atomic mass is 9.94. The van der Waals surface area contributed by atoms with Gasteiger partial charge in [0.1, 0.15) is 11.3 Å². The van der Waals surface area contributed by atoms with Crippen LogP contribution in [0.2, 0.25) is 0 Å². The molecule has 1 aliphatic heterocycles. The van der Waals surface area contributed by atoms with Crippen molar-refractivity contribution in [2.24, 2.45) is 0 Å². The van der Waals surface area contributed by atoms with E-state index in [0.29, 0.717) is 12.0 Å². The largest absolute Gasteiger partial charge is 0.351 e. The molecule has 2 N–H and O–H groups in total. The van der Waals surface area contributed by atoms with Crippen molar-refractivity contribution in [3.8, 4) is 0 Å². The molecule has 5 rings (SSSR count). The zero-order chi connectivity index (χ0) is 16.9. The van der Waals surface area contributed by atoms with Crippen LogP contribution in [0, 0.1) is 0 Å². The Hall–Kier alpha value is -2.11. The van der Waals surface area contributed by atoms with Gasteiger partial charge in [-0.2, -0.15) is 4.98 Å². The maximum Gasteiger partial charge on any atom is 0.268 e. The molecule has 3 heterocycles. The predicted molar refractivity (Wildman–Crippen MR) is 96.8 cm³/mol. The number of carbonyl (C=O) groups excluding carboxylic acids is 1. The van der Waals surface area contributed by atoms with Crippen LogP contribution in [0.15, 0.2) is 12.3 Å². The van der Waals surface area contributed by atoms with E-state index in [-0.39, 0.29) is 11.4 Å². The molecule has 2 aromatic heterocycles. The number of fused-ring (bicyclic) bond motifs is 4. The summed E-state index contributed by atoms with van der Waals surface area (Å²) in [4.78, 5) is 21.8. The Bertz CT molecular complexity index is 815. The molecular weight excluding hydrogens is 314 g/mol. The van der Waals surface area contributed by atoms with E-state index < -0.39 is 0 Å². The average molecular weight is 339 g/mol. The van der Waals surface area contributed by atoms with Crippen LogP contribution in [0.4, 0.5) is 5.95 Å². The standard InChI is InChI=1S/C19H25N5O/c25-17-15-10-13-11-20-18(22-14-6-2-1-3-7-14)23-16(13)24(15)19(12-21-17)8-4-5-9-19/h10-11,14H,1-9,12H2,(H,21,25)(H,20,22,23). The maximum atomic E-state index is 12.4. The first-order chi connectivity index (χ1) is 12.3. The summed E-state index contributed by atoms with van der Waals surface area (Å²) in [6, 6.07) is 2.43. The summed E-state index contributed by atoms with van der Waals surface area (Å²) in [6.45, 7) is 0.720. The van der Waals surface area contributed by atoms with Crippen LogP contribution in [0.3, 0.4) is 0 Å². The monoisotopic (exact) mass is 339 g/mol. The van der Waals surface area contributed by atoms with Crippen molar-refractivity contribution in [1.82, 2.24) is 19.9 Å². The van der Waals surface area contributed by atoms with Crippen LogP contribution in [0.1, 0.15) is 68.3 Å². The van der Waals surface area contributed by atoms with Crippen molar-refractivity contribution in [3.63, 3.8) is 0 Å². The highest BCUT2D eigenvalue weighted by molar-refractivity contribution is 5.99. The van der Waals surface area contributed by atoms with E-state index in [0.717, 1.165) is 36.1 Å². The first kappa shape index (κ1) is 15.2. The van der Waals surface area contributed by atoms with Gasteiger partial charge < -0.3 is 15.2 Å². The Kier molecular flexibility index (Phi) is 3.47. The summed E-state index contributed by atoms with van der Waals surface area (Å²) in [7, 11) is 0. The summed E-state index contributed by atoms with van der Waals surface area (Å²) < 4.78 is 2.22. The molecule has 0 radical (unpaired) electrons. The summed E-state index contributed by atoms with van der Waals surface area (Å²) >= 11 is 0. The molecule has 0 aromatic carbocycles. The molecule has 2 saturated carbocycles. The SMILES string of the molecule is O=C1NCC2(CCCC2)n2c1cc1cnc(NC3CCCCC3)nc12. The van der Waals surface area contributed by atoms with Gasteiger partial charge in [0, 0.05) is 24.2 Å². The third-order valence-corrected chi connectivity index (χ3v) is 6.30. The van der Waals surface area contributed by atoms with E-state index in [2.05, 4.69) is 20.2 Å². The second-order valence-corrected chi connectivity index (χ2v) is 7.93. The fourth-order valence-electron chi connectivity index (χ4n) is 4.98. The smallest absolute Gasteiger partial charge is 0.268 e. The molecule has 2 aromatic rings. The minimum absolute atomic E-state index is 0.00144. The van der Waals surface area contributed by atoms with E-state index in [9.17, 15) is 4.79 Å². The van der Waals surface area contributed by atoms with Crippen LogP contribution >= 0.6 is 0 Å². The second kappa shape index (κ2) is 5.71. The highest BCUT2D eigenvalue weighted by Gasteiger charge is 2.42. The van der Waals surface area contributed by atoms with Gasteiger partial charge in [0.15, 0.2) is 0 Å². The van der Waals surface area contributed by atoms with E-state index in [4.69, 9.17) is 4.98 Å². The number of amides is 1. The zero-order valence-electron chi connectivity index (χ0n) is 14.6. The van der Waals surface area contributed by atoms with Crippen molar-refractivity contribution in [2.45, 2.75) is 69.4 Å². The quantitative estimate of drug-likeness (QED) is 0.881. The first-order valence-corrected chi connectivity index (χ1v) is 9.69. The number of nitrogens with zero attached hydrogens (tertiary/aromatic N) is 3. The van der Waals surface area contributed by atoms with Crippen molar-refractivity contribution in [1.29, 1.82) is 0 Å². The zero-order valence-corrected chi connectivity index (χ0v) is 14.6. The Morgan fingerprint density at radius 1 is 1.16 bits per heavy atom. The average Bonchev–Trinajstić information content (AvgIpc) is 3.25. The lowest BCUT2D eigenvalue weighted by Gasteiger charge is -2.37. The summed E-state index contributed by atoms with van der Waals surface area (Å²) in [5.41, 5.74) is 1.66. The van der Waals surface area contributed by atoms with Gasteiger partial charge in [-0.25, -0.2) is 4.98 Å². The molecule has 0 atom stereocenters. The van der Waals surface area contributed by atoms with Gasteiger partial charge in [0.2, 0.25) is 5.95 Å². The minimum Gasteiger partial charge on any atom is -0.351 e. The Morgan fingerprint density at radius 2 is 1.96 bits per heavy atom. The van der Waals surface area contributed by atoms with Gasteiger partial charge in [-0.15, -0.1) is 0 Å². The van der Waals surface area contributed by atoms with Crippen LogP contribution < -0.4 is 10.6 Å². The number of hydrogen-bond acceptors (Lipinski definition) is 4. The molecule has 6 heteroatoms. The van der Waals surface area contributed by atoms with Crippen molar-refractivity contribution in [2.75, 3.05) is 11.9 Å². The molecule has 1 amide bonds. The Balaban J connectivity index is 1.57. The highest BCUT2D eigenvalue weighted by Crippen LogP contribution is 2.41. The summed E-state index contributed by atoms with van der Waals surface area (Å²) in [6.07, 6.45) is 12.8. The molecule has 2 aliphatic carbocycles. The van der Waals surface area contributed by atoms with Gasteiger partial charge in [-0.3, -0.25) is 4.79 Å². The first-order valence-electron chi connectivity index (χ1n) is 9.69. The van der Waals surface area contributed by atoms with Crippen LogP contribution in [0.5, 0.6) is 0 Å². The number of aromatic nitrogens is 3. The molecule has 6 nitrogen and oxygen atoms in total. The minimum atomic E-state index is 0.00144. The third kappa shape index (κ3) is 2.41. The van der Waals surface area contributed by atoms with Gasteiger partial charge >= 0.3 is 0 Å². The van der Waals surface area contributed by atoms with E-state index in [1.54, 1.807) is 0 Å². The number of rotatable bonds is 2. The lowest BCUT2D eigenvalue weighted by Crippen LogP contribution is -2.50. The van der Waals surface area contributed by atoms with Crippen molar-refractivity contribution in [3.05, 3.63) is 18.0 Å². The maximum absolute atomic E-state index is 12.4. The fourth-order valence-corrected chi connectivity index (χ4v) is 4.98. The number of carbonyl (C=O) groups is 1. The molecule has 3 aliphatic rings. The lowest BCUT2D eigenvalue weighted by molar-refractivity contribution is 0.0876. The number of hydrogen-bond donors (Lipinski definition) is 2. The molecule has 25 heavy (non-hydrogen) atoms. The number of anilines is 1. The summed E-state index contributed by atoms with van der Waals surface area (Å²) in [5, 5.41) is 7.58. The number of nitrogens with one attached hydrogen (secondary N) is 2. The van der Waals surface area contributed by atoms with E-state index in [1.807, 2.05) is 12.3 Å². The van der Waals surface area contributed by atoms with Crippen LogP contribution in [-0.4, -0.2) is 33.0 Å². The van der Waals surface area contributed by atoms with E-state index in [1.165, 1.54) is 44.9 Å². The highest BCUT2D eigenvalue weighted by atomic mass is 16.2. The second-order valence-electron chi connectivity index (χ2n) is 7.93. The third-order valence-electron chi connectivity index (χ3n) is 6.30. The van der Waals surface area contributed by atoms with Crippen LogP contribution in [0.25, 0.3) is 11.0 Å².